The van der Waals surface area contributed by atoms with Gasteiger partial charge in [0.1, 0.15) is 0 Å². The number of carbonyl (C=O) groups is 2. The van der Waals surface area contributed by atoms with Gasteiger partial charge < -0.3 is 5.73 Å². The molecule has 0 bridgehead atoms. The first-order valence-electron chi connectivity index (χ1n) is 6.51. The Morgan fingerprint density at radius 1 is 0.800 bits per heavy atom. The van der Waals surface area contributed by atoms with Crippen molar-refractivity contribution in [1.29, 1.82) is 0 Å². The molecule has 0 aliphatic heterocycles. The highest BCUT2D eigenvalue weighted by atomic mass is 16.1. The Kier molecular flexibility index (Phi) is 2.63. The predicted octanol–water partition coefficient (Wildman–Crippen LogP) is 2.66. The van der Waals surface area contributed by atoms with Crippen molar-refractivity contribution in [3.8, 4) is 0 Å². The number of rotatable bonds is 1. The third kappa shape index (κ3) is 1.79. The first-order valence-corrected chi connectivity index (χ1v) is 6.51. The Balaban J connectivity index is 2.24. The molecule has 2 aromatic carbocycles. The minimum Gasteiger partial charge on any atom is -0.322 e. The molecule has 0 fully saturated rings. The second-order valence-corrected chi connectivity index (χ2v) is 5.69. The molecule has 0 spiro atoms. The Labute approximate surface area is 117 Å². The second kappa shape index (κ2) is 4.12. The van der Waals surface area contributed by atoms with Gasteiger partial charge >= 0.3 is 0 Å². The molecule has 0 heterocycles. The molecule has 1 aliphatic rings. The van der Waals surface area contributed by atoms with Crippen molar-refractivity contribution in [3.05, 3.63) is 70.3 Å². The van der Waals surface area contributed by atoms with E-state index in [9.17, 15) is 9.59 Å². The average molecular weight is 265 g/mol. The van der Waals surface area contributed by atoms with Crippen LogP contribution in [0.25, 0.3) is 0 Å². The second-order valence-electron chi connectivity index (χ2n) is 5.69. The summed E-state index contributed by atoms with van der Waals surface area (Å²) in [6.45, 7) is 3.75. The summed E-state index contributed by atoms with van der Waals surface area (Å²) in [6.07, 6.45) is 0. The molecule has 0 unspecified atom stereocenters. The fourth-order valence-electron chi connectivity index (χ4n) is 2.50. The number of nitrogens with two attached hydrogens (primary N) is 1. The Bertz CT molecular complexity index is 739. The Morgan fingerprint density at radius 2 is 1.30 bits per heavy atom. The van der Waals surface area contributed by atoms with Gasteiger partial charge in [-0.1, -0.05) is 30.3 Å². The molecule has 0 atom stereocenters. The van der Waals surface area contributed by atoms with Crippen LogP contribution in [0.1, 0.15) is 51.3 Å². The summed E-state index contributed by atoms with van der Waals surface area (Å²) in [5.41, 5.74) is 8.22. The molecule has 100 valence electrons. The largest absolute Gasteiger partial charge is 0.322 e. The lowest BCUT2D eigenvalue weighted by Crippen LogP contribution is -2.30. The lowest BCUT2D eigenvalue weighted by atomic mass is 9.81. The summed E-state index contributed by atoms with van der Waals surface area (Å²) in [5, 5.41) is 0. The van der Waals surface area contributed by atoms with Crippen LogP contribution in [-0.4, -0.2) is 11.6 Å². The molecule has 0 saturated heterocycles. The van der Waals surface area contributed by atoms with Gasteiger partial charge in [0, 0.05) is 27.8 Å². The fourth-order valence-corrected chi connectivity index (χ4v) is 2.50. The van der Waals surface area contributed by atoms with E-state index < -0.39 is 5.54 Å². The molecule has 0 amide bonds. The normalized spacial score (nSPS) is 13.9. The number of benzene rings is 2. The average Bonchev–Trinajstić information content (AvgIpc) is 2.43. The van der Waals surface area contributed by atoms with E-state index in [0.717, 1.165) is 5.56 Å². The lowest BCUT2D eigenvalue weighted by molar-refractivity contribution is 0.0979. The minimum atomic E-state index is -0.546. The zero-order valence-corrected chi connectivity index (χ0v) is 11.4. The van der Waals surface area contributed by atoms with E-state index in [-0.39, 0.29) is 11.6 Å². The van der Waals surface area contributed by atoms with Gasteiger partial charge in [-0.15, -0.1) is 0 Å². The highest BCUT2D eigenvalue weighted by molar-refractivity contribution is 6.28. The van der Waals surface area contributed by atoms with Crippen LogP contribution >= 0.6 is 0 Å². The van der Waals surface area contributed by atoms with Gasteiger partial charge in [-0.2, -0.15) is 0 Å². The number of hydrogen-bond acceptors (Lipinski definition) is 3. The van der Waals surface area contributed by atoms with E-state index in [1.165, 1.54) is 0 Å². The van der Waals surface area contributed by atoms with Crippen LogP contribution in [0, 0.1) is 0 Å². The molecule has 0 radical (unpaired) electrons. The maximum atomic E-state index is 12.5. The van der Waals surface area contributed by atoms with Crippen LogP contribution < -0.4 is 5.73 Å². The van der Waals surface area contributed by atoms with Crippen molar-refractivity contribution in [1.82, 2.24) is 0 Å². The maximum Gasteiger partial charge on any atom is 0.194 e. The van der Waals surface area contributed by atoms with Crippen molar-refractivity contribution in [2.75, 3.05) is 0 Å². The quantitative estimate of drug-likeness (QED) is 0.735. The molecular formula is C17H15NO2. The Morgan fingerprint density at radius 3 is 1.85 bits per heavy atom. The van der Waals surface area contributed by atoms with E-state index in [1.807, 2.05) is 19.9 Å². The predicted molar refractivity (Wildman–Crippen MR) is 77.0 cm³/mol. The van der Waals surface area contributed by atoms with Crippen LogP contribution in [0.4, 0.5) is 0 Å². The van der Waals surface area contributed by atoms with E-state index in [2.05, 4.69) is 0 Å². The highest BCUT2D eigenvalue weighted by Crippen LogP contribution is 2.29. The van der Waals surface area contributed by atoms with E-state index in [0.29, 0.717) is 22.3 Å². The van der Waals surface area contributed by atoms with Crippen molar-refractivity contribution < 1.29 is 9.59 Å². The number of ketones is 2. The molecule has 0 saturated carbocycles. The first-order chi connectivity index (χ1) is 9.39. The van der Waals surface area contributed by atoms with Crippen molar-refractivity contribution >= 4 is 11.6 Å². The van der Waals surface area contributed by atoms with Gasteiger partial charge in [-0.05, 0) is 31.5 Å². The number of fused-ring (bicyclic) bond motifs is 2. The highest BCUT2D eigenvalue weighted by Gasteiger charge is 2.30. The standard InChI is InChI=1S/C17H15NO2/c1-17(2,18)10-7-8-13-14(9-10)16(20)12-6-4-3-5-11(12)15(13)19/h3-9H,18H2,1-2H3. The number of carbonyl (C=O) groups excluding carboxylic acids is 2. The van der Waals surface area contributed by atoms with E-state index in [4.69, 9.17) is 5.73 Å². The maximum absolute atomic E-state index is 12.5. The van der Waals surface area contributed by atoms with Gasteiger partial charge in [0.05, 0.1) is 0 Å². The van der Waals surface area contributed by atoms with Gasteiger partial charge in [0.25, 0.3) is 0 Å². The zero-order chi connectivity index (χ0) is 14.5. The third-order valence-electron chi connectivity index (χ3n) is 3.67. The Hall–Kier alpha value is -2.26. The molecule has 1 aliphatic carbocycles. The molecule has 20 heavy (non-hydrogen) atoms. The minimum absolute atomic E-state index is 0.100. The molecule has 3 rings (SSSR count). The van der Waals surface area contributed by atoms with Crippen molar-refractivity contribution in [2.24, 2.45) is 5.73 Å². The van der Waals surface area contributed by atoms with Gasteiger partial charge in [-0.25, -0.2) is 0 Å². The molecule has 3 heteroatoms. The van der Waals surface area contributed by atoms with Crippen LogP contribution in [0.2, 0.25) is 0 Å². The fraction of sp³-hybridized carbons (Fsp3) is 0.176. The van der Waals surface area contributed by atoms with Gasteiger partial charge in [0.2, 0.25) is 0 Å². The van der Waals surface area contributed by atoms with Crippen molar-refractivity contribution in [3.63, 3.8) is 0 Å². The zero-order valence-electron chi connectivity index (χ0n) is 11.4. The van der Waals surface area contributed by atoms with E-state index in [1.54, 1.807) is 36.4 Å². The van der Waals surface area contributed by atoms with Gasteiger partial charge in [-0.3, -0.25) is 9.59 Å². The van der Waals surface area contributed by atoms with Crippen molar-refractivity contribution in [2.45, 2.75) is 19.4 Å². The molecule has 2 aromatic rings. The number of hydrogen-bond donors (Lipinski definition) is 1. The first kappa shape index (κ1) is 12.8. The molecule has 0 aromatic heterocycles. The SMILES string of the molecule is CC(C)(N)c1ccc2c(c1)C(=O)c1ccccc1C2=O. The topological polar surface area (TPSA) is 60.2 Å². The molecule has 3 nitrogen and oxygen atoms in total. The summed E-state index contributed by atoms with van der Waals surface area (Å²) in [6, 6.07) is 12.2. The van der Waals surface area contributed by atoms with Gasteiger partial charge in [0.15, 0.2) is 11.6 Å². The summed E-state index contributed by atoms with van der Waals surface area (Å²) in [5.74, 6) is -0.210. The van der Waals surface area contributed by atoms with Crippen LogP contribution in [-0.2, 0) is 5.54 Å². The summed E-state index contributed by atoms with van der Waals surface area (Å²) in [7, 11) is 0. The molecular weight excluding hydrogens is 250 g/mol. The van der Waals surface area contributed by atoms with Crippen LogP contribution in [0.5, 0.6) is 0 Å². The van der Waals surface area contributed by atoms with Crippen LogP contribution in [0.3, 0.4) is 0 Å². The smallest absolute Gasteiger partial charge is 0.194 e. The lowest BCUT2D eigenvalue weighted by Gasteiger charge is -2.23. The van der Waals surface area contributed by atoms with Crippen LogP contribution in [0.15, 0.2) is 42.5 Å². The monoisotopic (exact) mass is 265 g/mol. The third-order valence-corrected chi connectivity index (χ3v) is 3.67. The summed E-state index contributed by atoms with van der Waals surface area (Å²) < 4.78 is 0. The van der Waals surface area contributed by atoms with E-state index >= 15 is 0 Å². The molecule has 2 N–H and O–H groups in total. The summed E-state index contributed by atoms with van der Waals surface area (Å²) in [4.78, 5) is 25.0. The summed E-state index contributed by atoms with van der Waals surface area (Å²) >= 11 is 0.